The predicted octanol–water partition coefficient (Wildman–Crippen LogP) is 2.86. The lowest BCUT2D eigenvalue weighted by Crippen LogP contribution is -2.30. The van der Waals surface area contributed by atoms with Gasteiger partial charge in [-0.1, -0.05) is 24.8 Å². The number of hydrogen-bond donors (Lipinski definition) is 0. The summed E-state index contributed by atoms with van der Waals surface area (Å²) in [5.74, 6) is -0.137. The molecule has 0 saturated carbocycles. The second-order valence-corrected chi connectivity index (χ2v) is 4.42. The standard InChI is InChI=1S/C14H18O2/c1-5-11(15)8-13-12(9(2)3)7-6-10(4)14(13)16/h5-6,12-13H,1-2,7-8H2,3-4H3. The van der Waals surface area contributed by atoms with Crippen molar-refractivity contribution in [1.29, 1.82) is 0 Å². The molecule has 1 rings (SSSR count). The Kier molecular flexibility index (Phi) is 3.99. The smallest absolute Gasteiger partial charge is 0.162 e. The van der Waals surface area contributed by atoms with Gasteiger partial charge in [0, 0.05) is 12.3 Å². The van der Waals surface area contributed by atoms with Gasteiger partial charge in [0.15, 0.2) is 11.6 Å². The molecular weight excluding hydrogens is 200 g/mol. The fourth-order valence-corrected chi connectivity index (χ4v) is 2.12. The third-order valence-electron chi connectivity index (χ3n) is 3.17. The topological polar surface area (TPSA) is 34.1 Å². The second-order valence-electron chi connectivity index (χ2n) is 4.42. The Labute approximate surface area is 96.7 Å². The molecule has 2 heteroatoms. The highest BCUT2D eigenvalue weighted by atomic mass is 16.1. The number of carbonyl (C=O) groups is 2. The average Bonchev–Trinajstić information content (AvgIpc) is 2.24. The molecule has 2 nitrogen and oxygen atoms in total. The Hall–Kier alpha value is -1.44. The first-order chi connectivity index (χ1) is 7.47. The van der Waals surface area contributed by atoms with Crippen LogP contribution in [0.25, 0.3) is 0 Å². The summed E-state index contributed by atoms with van der Waals surface area (Å²) in [5.41, 5.74) is 1.73. The van der Waals surface area contributed by atoms with Crippen molar-refractivity contribution in [3.05, 3.63) is 36.5 Å². The average molecular weight is 218 g/mol. The van der Waals surface area contributed by atoms with Crippen LogP contribution < -0.4 is 0 Å². The molecule has 0 radical (unpaired) electrons. The van der Waals surface area contributed by atoms with E-state index in [2.05, 4.69) is 13.2 Å². The van der Waals surface area contributed by atoms with Crippen molar-refractivity contribution in [2.24, 2.45) is 11.8 Å². The van der Waals surface area contributed by atoms with Crippen LogP contribution in [0.1, 0.15) is 26.7 Å². The van der Waals surface area contributed by atoms with Crippen molar-refractivity contribution >= 4 is 11.6 Å². The maximum atomic E-state index is 12.0. The number of carbonyl (C=O) groups excluding carboxylic acids is 2. The number of ketones is 2. The minimum Gasteiger partial charge on any atom is -0.295 e. The number of rotatable bonds is 4. The van der Waals surface area contributed by atoms with Gasteiger partial charge in [-0.3, -0.25) is 9.59 Å². The maximum absolute atomic E-state index is 12.0. The van der Waals surface area contributed by atoms with Gasteiger partial charge in [-0.2, -0.15) is 0 Å². The van der Waals surface area contributed by atoms with E-state index >= 15 is 0 Å². The van der Waals surface area contributed by atoms with Crippen molar-refractivity contribution in [1.82, 2.24) is 0 Å². The van der Waals surface area contributed by atoms with Crippen LogP contribution in [0.4, 0.5) is 0 Å². The first-order valence-electron chi connectivity index (χ1n) is 5.49. The third-order valence-corrected chi connectivity index (χ3v) is 3.17. The third kappa shape index (κ3) is 2.57. The molecule has 0 N–H and O–H groups in total. The van der Waals surface area contributed by atoms with Crippen LogP contribution in [0.2, 0.25) is 0 Å². The zero-order valence-corrected chi connectivity index (χ0v) is 9.95. The molecule has 16 heavy (non-hydrogen) atoms. The molecule has 1 aliphatic carbocycles. The summed E-state index contributed by atoms with van der Waals surface area (Å²) in [6, 6.07) is 0. The van der Waals surface area contributed by atoms with Gasteiger partial charge in [-0.15, -0.1) is 0 Å². The SMILES string of the molecule is C=CC(=O)CC1C(=O)C(C)=CCC1C(=C)C. The van der Waals surface area contributed by atoms with E-state index in [1.54, 1.807) is 0 Å². The van der Waals surface area contributed by atoms with Crippen molar-refractivity contribution in [2.75, 3.05) is 0 Å². The van der Waals surface area contributed by atoms with E-state index in [0.29, 0.717) is 0 Å². The van der Waals surface area contributed by atoms with Crippen LogP contribution in [0, 0.1) is 11.8 Å². The first kappa shape index (κ1) is 12.6. The summed E-state index contributed by atoms with van der Waals surface area (Å²) in [4.78, 5) is 23.4. The van der Waals surface area contributed by atoms with Gasteiger partial charge in [0.25, 0.3) is 0 Å². The molecule has 0 heterocycles. The van der Waals surface area contributed by atoms with Crippen LogP contribution in [0.15, 0.2) is 36.5 Å². The first-order valence-corrected chi connectivity index (χ1v) is 5.49. The molecule has 0 spiro atoms. The fraction of sp³-hybridized carbons (Fsp3) is 0.429. The summed E-state index contributed by atoms with van der Waals surface area (Å²) >= 11 is 0. The summed E-state index contributed by atoms with van der Waals surface area (Å²) < 4.78 is 0. The molecule has 0 aromatic rings. The number of hydrogen-bond acceptors (Lipinski definition) is 2. The quantitative estimate of drug-likeness (QED) is 0.537. The molecular formula is C14H18O2. The van der Waals surface area contributed by atoms with E-state index in [0.717, 1.165) is 17.6 Å². The van der Waals surface area contributed by atoms with Gasteiger partial charge in [0.2, 0.25) is 0 Å². The Bertz CT molecular complexity index is 374. The lowest BCUT2D eigenvalue weighted by Gasteiger charge is -2.29. The summed E-state index contributed by atoms with van der Waals surface area (Å²) in [6.07, 6.45) is 4.29. The Morgan fingerprint density at radius 3 is 2.75 bits per heavy atom. The molecule has 0 bridgehead atoms. The van der Waals surface area contributed by atoms with E-state index in [1.807, 2.05) is 19.9 Å². The van der Waals surface area contributed by atoms with Gasteiger partial charge < -0.3 is 0 Å². The zero-order valence-electron chi connectivity index (χ0n) is 9.95. The highest BCUT2D eigenvalue weighted by molar-refractivity contribution is 6.01. The molecule has 0 aliphatic heterocycles. The van der Waals surface area contributed by atoms with Gasteiger partial charge in [0.05, 0.1) is 0 Å². The summed E-state index contributed by atoms with van der Waals surface area (Å²) in [6.45, 7) is 11.1. The fourth-order valence-electron chi connectivity index (χ4n) is 2.12. The van der Waals surface area contributed by atoms with E-state index in [4.69, 9.17) is 0 Å². The lowest BCUT2D eigenvalue weighted by atomic mass is 9.73. The van der Waals surface area contributed by atoms with Crippen LogP contribution >= 0.6 is 0 Å². The number of allylic oxidation sites excluding steroid dienone is 4. The molecule has 86 valence electrons. The van der Waals surface area contributed by atoms with E-state index in [9.17, 15) is 9.59 Å². The molecule has 1 aliphatic rings. The number of Topliss-reactive ketones (excluding diaryl/α,β-unsaturated/α-hetero) is 1. The van der Waals surface area contributed by atoms with Crippen LogP contribution in [-0.2, 0) is 9.59 Å². The Morgan fingerprint density at radius 2 is 2.25 bits per heavy atom. The van der Waals surface area contributed by atoms with Crippen molar-refractivity contribution in [2.45, 2.75) is 26.7 Å². The Balaban J connectivity index is 2.94. The van der Waals surface area contributed by atoms with E-state index in [1.165, 1.54) is 6.08 Å². The zero-order chi connectivity index (χ0) is 12.3. The van der Waals surface area contributed by atoms with E-state index < -0.39 is 0 Å². The van der Waals surface area contributed by atoms with Crippen LogP contribution in [0.3, 0.4) is 0 Å². The van der Waals surface area contributed by atoms with Crippen molar-refractivity contribution in [3.63, 3.8) is 0 Å². The Morgan fingerprint density at radius 1 is 1.62 bits per heavy atom. The predicted molar refractivity (Wildman–Crippen MR) is 65.0 cm³/mol. The second kappa shape index (κ2) is 5.06. The largest absolute Gasteiger partial charge is 0.295 e. The molecule has 0 aromatic heterocycles. The molecule has 2 atom stereocenters. The minimum atomic E-state index is -0.243. The van der Waals surface area contributed by atoms with Crippen molar-refractivity contribution < 1.29 is 9.59 Å². The maximum Gasteiger partial charge on any atom is 0.162 e. The monoisotopic (exact) mass is 218 g/mol. The van der Waals surface area contributed by atoms with Crippen LogP contribution in [-0.4, -0.2) is 11.6 Å². The van der Waals surface area contributed by atoms with Crippen LogP contribution in [0.5, 0.6) is 0 Å². The summed E-state index contributed by atoms with van der Waals surface area (Å²) in [5, 5.41) is 0. The molecule has 2 unspecified atom stereocenters. The molecule has 0 saturated heterocycles. The van der Waals surface area contributed by atoms with Gasteiger partial charge in [0.1, 0.15) is 0 Å². The van der Waals surface area contributed by atoms with E-state index in [-0.39, 0.29) is 29.8 Å². The molecule has 0 aromatic carbocycles. The minimum absolute atomic E-state index is 0.0701. The highest BCUT2D eigenvalue weighted by Gasteiger charge is 2.33. The summed E-state index contributed by atoms with van der Waals surface area (Å²) in [7, 11) is 0. The molecule has 0 fully saturated rings. The van der Waals surface area contributed by atoms with Gasteiger partial charge >= 0.3 is 0 Å². The lowest BCUT2D eigenvalue weighted by molar-refractivity contribution is -0.125. The normalized spacial score (nSPS) is 24.9. The molecule has 0 amide bonds. The van der Waals surface area contributed by atoms with Gasteiger partial charge in [-0.05, 0) is 37.8 Å². The van der Waals surface area contributed by atoms with Gasteiger partial charge in [-0.25, -0.2) is 0 Å². The van der Waals surface area contributed by atoms with Crippen molar-refractivity contribution in [3.8, 4) is 0 Å². The highest BCUT2D eigenvalue weighted by Crippen LogP contribution is 2.33.